The first kappa shape index (κ1) is 14.9. The van der Waals surface area contributed by atoms with E-state index < -0.39 is 0 Å². The van der Waals surface area contributed by atoms with Gasteiger partial charge in [-0.05, 0) is 26.0 Å². The zero-order valence-corrected chi connectivity index (χ0v) is 13.4. The Hall–Kier alpha value is -0.970. The van der Waals surface area contributed by atoms with Crippen LogP contribution in [0.15, 0.2) is 12.1 Å². The molecule has 0 unspecified atom stereocenters. The van der Waals surface area contributed by atoms with Gasteiger partial charge in [0.1, 0.15) is 6.10 Å². The third kappa shape index (κ3) is 2.60. The monoisotopic (exact) mass is 310 g/mol. The van der Waals surface area contributed by atoms with Gasteiger partial charge in [-0.2, -0.15) is 0 Å². The molecule has 1 heterocycles. The Kier molecular flexibility index (Phi) is 4.04. The molecular formula is C16H23ClN2O2. The number of hydrogen-bond acceptors (Lipinski definition) is 4. The number of ether oxygens (including phenoxy) is 2. The lowest BCUT2D eigenvalue weighted by Gasteiger charge is -2.44. The van der Waals surface area contributed by atoms with Crippen LogP contribution in [-0.2, 0) is 5.41 Å². The van der Waals surface area contributed by atoms with Gasteiger partial charge in [-0.15, -0.1) is 0 Å². The number of benzene rings is 1. The minimum Gasteiger partial charge on any atom is -0.493 e. The van der Waals surface area contributed by atoms with Crippen LogP contribution in [0.2, 0.25) is 5.02 Å². The highest BCUT2D eigenvalue weighted by Gasteiger charge is 2.41. The Morgan fingerprint density at radius 2 is 2.10 bits per heavy atom. The molecule has 2 aliphatic rings. The summed E-state index contributed by atoms with van der Waals surface area (Å²) in [5.41, 5.74) is 7.19. The van der Waals surface area contributed by atoms with E-state index in [0.717, 1.165) is 37.2 Å². The van der Waals surface area contributed by atoms with Crippen molar-refractivity contribution in [1.29, 1.82) is 0 Å². The van der Waals surface area contributed by atoms with Gasteiger partial charge in [0.15, 0.2) is 11.5 Å². The van der Waals surface area contributed by atoms with Crippen LogP contribution in [-0.4, -0.2) is 44.8 Å². The first-order chi connectivity index (χ1) is 10.1. The van der Waals surface area contributed by atoms with Crippen molar-refractivity contribution in [2.75, 3.05) is 33.8 Å². The van der Waals surface area contributed by atoms with E-state index in [0.29, 0.717) is 17.3 Å². The summed E-state index contributed by atoms with van der Waals surface area (Å²) in [6.07, 6.45) is 3.61. The molecule has 3 rings (SSSR count). The first-order valence-corrected chi connectivity index (χ1v) is 7.89. The molecule has 5 heteroatoms. The maximum Gasteiger partial charge on any atom is 0.165 e. The molecule has 4 nitrogen and oxygen atoms in total. The maximum absolute atomic E-state index is 6.27. The van der Waals surface area contributed by atoms with E-state index >= 15 is 0 Å². The molecule has 0 aromatic heterocycles. The second-order valence-electron chi connectivity index (χ2n) is 6.28. The van der Waals surface area contributed by atoms with E-state index in [1.54, 1.807) is 7.11 Å². The van der Waals surface area contributed by atoms with Crippen LogP contribution in [0.1, 0.15) is 24.8 Å². The minimum atomic E-state index is 0.00314. The summed E-state index contributed by atoms with van der Waals surface area (Å²) < 4.78 is 11.7. The molecule has 1 saturated carbocycles. The van der Waals surface area contributed by atoms with Crippen molar-refractivity contribution in [3.05, 3.63) is 22.7 Å². The van der Waals surface area contributed by atoms with Crippen LogP contribution in [0, 0.1) is 0 Å². The van der Waals surface area contributed by atoms with Gasteiger partial charge in [-0.1, -0.05) is 18.0 Å². The van der Waals surface area contributed by atoms with Crippen molar-refractivity contribution in [3.63, 3.8) is 0 Å². The number of likely N-dealkylation sites (tertiary alicyclic amines) is 1. The van der Waals surface area contributed by atoms with Gasteiger partial charge in [0.25, 0.3) is 0 Å². The quantitative estimate of drug-likeness (QED) is 0.907. The number of rotatable bonds is 5. The smallest absolute Gasteiger partial charge is 0.165 e. The number of halogens is 1. The van der Waals surface area contributed by atoms with Crippen LogP contribution in [0.4, 0.5) is 0 Å². The minimum absolute atomic E-state index is 0.00314. The molecular weight excluding hydrogens is 288 g/mol. The molecule has 1 aliphatic carbocycles. The average Bonchev–Trinajstić information content (AvgIpc) is 2.38. The maximum atomic E-state index is 6.27. The number of nitrogens with two attached hydrogens (primary N) is 1. The van der Waals surface area contributed by atoms with Crippen molar-refractivity contribution in [1.82, 2.24) is 4.90 Å². The van der Waals surface area contributed by atoms with Gasteiger partial charge in [-0.25, -0.2) is 0 Å². The average molecular weight is 311 g/mol. The van der Waals surface area contributed by atoms with Gasteiger partial charge < -0.3 is 15.2 Å². The number of nitrogens with zero attached hydrogens (tertiary/aromatic N) is 1. The molecule has 2 fully saturated rings. The fourth-order valence-corrected chi connectivity index (χ4v) is 3.51. The van der Waals surface area contributed by atoms with E-state index in [1.807, 2.05) is 12.1 Å². The lowest BCUT2D eigenvalue weighted by Crippen LogP contribution is -2.51. The number of likely N-dealkylation sites (N-methyl/N-ethyl adjacent to an activating group) is 1. The van der Waals surface area contributed by atoms with Crippen LogP contribution in [0.5, 0.6) is 11.5 Å². The van der Waals surface area contributed by atoms with Gasteiger partial charge in [0.2, 0.25) is 0 Å². The molecule has 0 spiro atoms. The Morgan fingerprint density at radius 1 is 1.38 bits per heavy atom. The molecule has 0 radical (unpaired) electrons. The molecule has 0 bridgehead atoms. The molecule has 21 heavy (non-hydrogen) atoms. The second kappa shape index (κ2) is 5.67. The lowest BCUT2D eigenvalue weighted by atomic mass is 9.64. The largest absolute Gasteiger partial charge is 0.493 e. The molecule has 0 amide bonds. The highest BCUT2D eigenvalue weighted by Crippen LogP contribution is 2.50. The normalized spacial score (nSPS) is 21.5. The summed E-state index contributed by atoms with van der Waals surface area (Å²) in [4.78, 5) is 2.23. The highest BCUT2D eigenvalue weighted by molar-refractivity contribution is 6.30. The van der Waals surface area contributed by atoms with E-state index in [1.165, 1.54) is 6.42 Å². The van der Waals surface area contributed by atoms with Crippen molar-refractivity contribution in [2.45, 2.75) is 30.8 Å². The molecule has 2 N–H and O–H groups in total. The molecule has 116 valence electrons. The molecule has 1 aromatic carbocycles. The van der Waals surface area contributed by atoms with Crippen molar-refractivity contribution in [3.8, 4) is 11.5 Å². The highest BCUT2D eigenvalue weighted by atomic mass is 35.5. The Labute approximate surface area is 131 Å². The van der Waals surface area contributed by atoms with Crippen LogP contribution < -0.4 is 15.2 Å². The summed E-state index contributed by atoms with van der Waals surface area (Å²) >= 11 is 6.27. The Balaban J connectivity index is 1.98. The predicted molar refractivity (Wildman–Crippen MR) is 84.5 cm³/mol. The van der Waals surface area contributed by atoms with Crippen LogP contribution in [0.3, 0.4) is 0 Å². The van der Waals surface area contributed by atoms with Gasteiger partial charge in [0.05, 0.1) is 7.11 Å². The first-order valence-electron chi connectivity index (χ1n) is 7.51. The zero-order chi connectivity index (χ0) is 15.0. The van der Waals surface area contributed by atoms with E-state index in [2.05, 4.69) is 11.9 Å². The van der Waals surface area contributed by atoms with Gasteiger partial charge >= 0.3 is 0 Å². The molecule has 1 aliphatic heterocycles. The zero-order valence-electron chi connectivity index (χ0n) is 12.7. The number of methoxy groups -OCH3 is 1. The fraction of sp³-hybridized carbons (Fsp3) is 0.625. The van der Waals surface area contributed by atoms with Gasteiger partial charge in [0, 0.05) is 41.7 Å². The topological polar surface area (TPSA) is 47.7 Å². The summed E-state index contributed by atoms with van der Waals surface area (Å²) in [6, 6.07) is 3.83. The lowest BCUT2D eigenvalue weighted by molar-refractivity contribution is 0.0344. The van der Waals surface area contributed by atoms with Crippen molar-refractivity contribution in [2.24, 2.45) is 5.73 Å². The van der Waals surface area contributed by atoms with Crippen molar-refractivity contribution < 1.29 is 9.47 Å². The SMILES string of the molecule is COc1cc(Cl)cc(C2(CN)CCC2)c1OC1CN(C)C1. The third-order valence-electron chi connectivity index (χ3n) is 4.83. The van der Waals surface area contributed by atoms with Crippen molar-refractivity contribution >= 4 is 11.6 Å². The molecule has 1 aromatic rings. The number of hydrogen-bond donors (Lipinski definition) is 1. The van der Waals surface area contributed by atoms with E-state index in [4.69, 9.17) is 26.8 Å². The Morgan fingerprint density at radius 3 is 2.57 bits per heavy atom. The Bertz CT molecular complexity index is 520. The molecule has 0 atom stereocenters. The van der Waals surface area contributed by atoms with Crippen LogP contribution >= 0.6 is 11.6 Å². The van der Waals surface area contributed by atoms with E-state index in [9.17, 15) is 0 Å². The van der Waals surface area contributed by atoms with Crippen LogP contribution in [0.25, 0.3) is 0 Å². The standard InChI is InChI=1S/C16H23ClN2O2/c1-19-8-12(9-19)21-15-13(16(10-18)4-3-5-16)6-11(17)7-14(15)20-2/h6-7,12H,3-5,8-10,18H2,1-2H3. The van der Waals surface area contributed by atoms with Gasteiger partial charge in [-0.3, -0.25) is 4.90 Å². The summed E-state index contributed by atoms with van der Waals surface area (Å²) in [5.74, 6) is 1.55. The summed E-state index contributed by atoms with van der Waals surface area (Å²) in [6.45, 7) is 2.51. The summed E-state index contributed by atoms with van der Waals surface area (Å²) in [7, 11) is 3.75. The predicted octanol–water partition coefficient (Wildman–Crippen LogP) is 2.42. The third-order valence-corrected chi connectivity index (χ3v) is 5.05. The van der Waals surface area contributed by atoms with E-state index in [-0.39, 0.29) is 11.5 Å². The molecule has 1 saturated heterocycles. The second-order valence-corrected chi connectivity index (χ2v) is 6.72. The summed E-state index contributed by atoms with van der Waals surface area (Å²) in [5, 5.41) is 0.680. The fourth-order valence-electron chi connectivity index (χ4n) is 3.31.